The van der Waals surface area contributed by atoms with Gasteiger partial charge >= 0.3 is 0 Å². The van der Waals surface area contributed by atoms with Crippen LogP contribution in [0.2, 0.25) is 0 Å². The van der Waals surface area contributed by atoms with Gasteiger partial charge in [0.2, 0.25) is 0 Å². The van der Waals surface area contributed by atoms with Crippen LogP contribution in [-0.2, 0) is 16.2 Å². The second-order valence-electron chi connectivity index (χ2n) is 25.0. The summed E-state index contributed by atoms with van der Waals surface area (Å²) in [5.41, 5.74) is 27.4. The van der Waals surface area contributed by atoms with Gasteiger partial charge in [-0.05, 0) is 172 Å². The molecule has 5 heterocycles. The van der Waals surface area contributed by atoms with E-state index in [-0.39, 0.29) is 23.0 Å². The minimum Gasteiger partial charge on any atom is -0.455 e. The molecule has 8 aromatic carbocycles. The standard InChI is InChI=1S/C70H66BN3O/c1-16-49(67-43(6)50-24-20-21-25-61(50)75-67)44-30-40(3)64(41(4)31-44)73-59-38-57-52(51-34-45(68(7,8)9)27-29-56(51)72(57)48-22-18-17-19-23-48)37-55(59)71-54-28-26-46(69(10,11)12)36-58(54)74-65-42(5)32-47(70(13,14)15)35-53(65)62-39(2)33-60(73)63(71)66(62)74/h16-38H,1,6H2,2-5,7-15H3/b67-49-. The zero-order valence-corrected chi connectivity index (χ0v) is 46.0. The maximum atomic E-state index is 6.58. The minimum absolute atomic E-state index is 0.0217. The van der Waals surface area contributed by atoms with Crippen molar-refractivity contribution >= 4 is 107 Å². The Labute approximate surface area is 442 Å². The Bertz CT molecular complexity index is 4420. The van der Waals surface area contributed by atoms with Crippen molar-refractivity contribution in [3.63, 3.8) is 0 Å². The fourth-order valence-electron chi connectivity index (χ4n) is 13.1. The third kappa shape index (κ3) is 6.75. The predicted octanol–water partition coefficient (Wildman–Crippen LogP) is 15.2. The highest BCUT2D eigenvalue weighted by atomic mass is 16.3. The molecule has 0 bridgehead atoms. The van der Waals surface area contributed by atoms with Crippen molar-refractivity contribution in [3.8, 4) is 11.4 Å². The van der Waals surface area contributed by atoms with E-state index in [1.54, 1.807) is 0 Å². The van der Waals surface area contributed by atoms with Crippen molar-refractivity contribution in [1.82, 2.24) is 9.13 Å². The number of allylic oxidation sites excluding steroid dienone is 1. The van der Waals surface area contributed by atoms with Gasteiger partial charge in [0.25, 0.3) is 6.71 Å². The summed E-state index contributed by atoms with van der Waals surface area (Å²) in [6, 6.07) is 50.9. The van der Waals surface area contributed by atoms with E-state index in [0.717, 1.165) is 49.6 Å². The van der Waals surface area contributed by atoms with Crippen LogP contribution in [0.4, 0.5) is 17.1 Å². The molecular formula is C70H66BN3O. The van der Waals surface area contributed by atoms with Gasteiger partial charge in [0, 0.05) is 60.5 Å². The number of hydrogen-bond acceptors (Lipinski definition) is 2. The molecule has 11 aromatic rings. The Balaban J connectivity index is 1.20. The topological polar surface area (TPSA) is 26.2 Å². The van der Waals surface area contributed by atoms with Gasteiger partial charge in [0.1, 0.15) is 11.0 Å². The number of aromatic nitrogens is 2. The number of furan rings is 1. The molecule has 75 heavy (non-hydrogen) atoms. The van der Waals surface area contributed by atoms with Crippen LogP contribution in [0.1, 0.15) is 107 Å². The van der Waals surface area contributed by atoms with Gasteiger partial charge in [-0.15, -0.1) is 0 Å². The Morgan fingerprint density at radius 1 is 0.520 bits per heavy atom. The molecule has 5 heteroatoms. The number of hydrogen-bond donors (Lipinski definition) is 0. The van der Waals surface area contributed by atoms with E-state index >= 15 is 0 Å². The van der Waals surface area contributed by atoms with Crippen LogP contribution in [0.25, 0.3) is 78.1 Å². The second kappa shape index (κ2) is 15.9. The Hall–Kier alpha value is -7.76. The van der Waals surface area contributed by atoms with Crippen molar-refractivity contribution in [2.45, 2.75) is 106 Å². The molecule has 13 rings (SSSR count). The highest BCUT2D eigenvalue weighted by Crippen LogP contribution is 2.49. The number of aryl methyl sites for hydroxylation is 4. The van der Waals surface area contributed by atoms with E-state index in [1.165, 1.54) is 111 Å². The first-order chi connectivity index (χ1) is 35.6. The van der Waals surface area contributed by atoms with Crippen LogP contribution in [0.5, 0.6) is 0 Å². The average molecular weight is 976 g/mol. The normalized spacial score (nSPS) is 13.9. The van der Waals surface area contributed by atoms with Crippen molar-refractivity contribution in [1.29, 1.82) is 0 Å². The molecule has 0 saturated heterocycles. The lowest BCUT2D eigenvalue weighted by molar-refractivity contribution is 0.573. The van der Waals surface area contributed by atoms with Gasteiger partial charge in [-0.2, -0.15) is 0 Å². The summed E-state index contributed by atoms with van der Waals surface area (Å²) in [7, 11) is 0. The summed E-state index contributed by atoms with van der Waals surface area (Å²) in [4.78, 5) is 2.64. The fraction of sp³-hybridized carbons (Fsp3) is 0.229. The van der Waals surface area contributed by atoms with Gasteiger partial charge in [0.15, 0.2) is 0 Å². The van der Waals surface area contributed by atoms with Gasteiger partial charge in [-0.25, -0.2) is 0 Å². The first-order valence-electron chi connectivity index (χ1n) is 26.8. The van der Waals surface area contributed by atoms with Gasteiger partial charge < -0.3 is 18.5 Å². The van der Waals surface area contributed by atoms with E-state index in [4.69, 9.17) is 4.42 Å². The zero-order valence-electron chi connectivity index (χ0n) is 46.0. The first kappa shape index (κ1) is 47.0. The monoisotopic (exact) mass is 976 g/mol. The third-order valence-electron chi connectivity index (χ3n) is 16.9. The van der Waals surface area contributed by atoms with Crippen molar-refractivity contribution in [3.05, 3.63) is 201 Å². The molecule has 2 aliphatic heterocycles. The number of para-hydroxylation sites is 2. The molecule has 0 N–H and O–H groups in total. The first-order valence-corrected chi connectivity index (χ1v) is 26.8. The predicted molar refractivity (Wildman–Crippen MR) is 323 cm³/mol. The van der Waals surface area contributed by atoms with E-state index in [1.807, 2.05) is 24.3 Å². The van der Waals surface area contributed by atoms with Crippen LogP contribution in [0.15, 0.2) is 151 Å². The Morgan fingerprint density at radius 3 is 1.84 bits per heavy atom. The molecule has 0 spiro atoms. The van der Waals surface area contributed by atoms with Crippen LogP contribution in [-0.4, -0.2) is 15.8 Å². The molecular weight excluding hydrogens is 910 g/mol. The number of fused-ring (bicyclic) bond motifs is 12. The van der Waals surface area contributed by atoms with E-state index in [2.05, 4.69) is 232 Å². The summed E-state index contributed by atoms with van der Waals surface area (Å²) in [6.45, 7) is 39.1. The van der Waals surface area contributed by atoms with Gasteiger partial charge in [-0.1, -0.05) is 148 Å². The molecule has 370 valence electrons. The highest BCUT2D eigenvalue weighted by Gasteiger charge is 2.44. The summed E-state index contributed by atoms with van der Waals surface area (Å²) in [6.07, 6.45) is 1.93. The number of anilines is 3. The molecule has 0 saturated carbocycles. The Morgan fingerprint density at radius 2 is 1.16 bits per heavy atom. The van der Waals surface area contributed by atoms with E-state index in [0.29, 0.717) is 0 Å². The molecule has 0 amide bonds. The van der Waals surface area contributed by atoms with Gasteiger partial charge in [-0.3, -0.25) is 0 Å². The SMILES string of the molecule is C=C/C(c1cc(C)c(N2c3cc4c(cc3B3c5ccc(C(C)(C)C)cc5-n5c6c(C)cc(C(C)(C)C)cc6c6c(C)cc2c3c65)c2cc(C(C)(C)C)ccc2n4-c2ccccc2)c(C)c1)=c1/oc2ccccc2c1=C. The van der Waals surface area contributed by atoms with Crippen LogP contribution < -0.4 is 31.9 Å². The molecule has 0 radical (unpaired) electrons. The summed E-state index contributed by atoms with van der Waals surface area (Å²) in [5.74, 6) is 0. The molecule has 4 nitrogen and oxygen atoms in total. The smallest absolute Gasteiger partial charge is 0.252 e. The highest BCUT2D eigenvalue weighted by molar-refractivity contribution is 7.00. The van der Waals surface area contributed by atoms with Gasteiger partial charge in [0.05, 0.1) is 27.8 Å². The maximum Gasteiger partial charge on any atom is 0.252 e. The number of rotatable bonds is 4. The molecule has 0 unspecified atom stereocenters. The van der Waals surface area contributed by atoms with Crippen molar-refractivity contribution < 1.29 is 4.42 Å². The van der Waals surface area contributed by atoms with Crippen LogP contribution in [0.3, 0.4) is 0 Å². The lowest BCUT2D eigenvalue weighted by atomic mass is 9.33. The summed E-state index contributed by atoms with van der Waals surface area (Å²) in [5, 5.41) is 7.10. The fourth-order valence-corrected chi connectivity index (χ4v) is 13.1. The number of nitrogens with zero attached hydrogens (tertiary/aromatic N) is 3. The van der Waals surface area contributed by atoms with E-state index < -0.39 is 0 Å². The molecule has 2 aliphatic rings. The summed E-state index contributed by atoms with van der Waals surface area (Å²) < 4.78 is 11.7. The molecule has 0 fully saturated rings. The lowest BCUT2D eigenvalue weighted by Gasteiger charge is -2.41. The summed E-state index contributed by atoms with van der Waals surface area (Å²) >= 11 is 0. The molecule has 0 aliphatic carbocycles. The minimum atomic E-state index is -0.0508. The lowest BCUT2D eigenvalue weighted by Crippen LogP contribution is -2.60. The second-order valence-corrected chi connectivity index (χ2v) is 25.0. The van der Waals surface area contributed by atoms with Crippen LogP contribution in [0, 0.1) is 27.7 Å². The molecule has 3 aromatic heterocycles. The Kier molecular flexibility index (Phi) is 9.95. The number of benzene rings is 8. The average Bonchev–Trinajstić information content (AvgIpc) is 4.05. The third-order valence-corrected chi connectivity index (χ3v) is 16.9. The van der Waals surface area contributed by atoms with Crippen molar-refractivity contribution in [2.24, 2.45) is 0 Å². The zero-order chi connectivity index (χ0) is 52.5. The maximum absolute atomic E-state index is 6.58. The largest absolute Gasteiger partial charge is 0.455 e. The molecule has 0 atom stereocenters. The van der Waals surface area contributed by atoms with Crippen molar-refractivity contribution in [2.75, 3.05) is 4.90 Å². The van der Waals surface area contributed by atoms with Crippen LogP contribution >= 0.6 is 0 Å². The van der Waals surface area contributed by atoms with E-state index in [9.17, 15) is 0 Å². The quantitative estimate of drug-likeness (QED) is 0.164.